The highest BCUT2D eigenvalue weighted by Gasteiger charge is 2.35. The lowest BCUT2D eigenvalue weighted by Crippen LogP contribution is -2.50. The number of carbonyl (C=O) groups is 2. The van der Waals surface area contributed by atoms with Crippen LogP contribution in [0, 0.1) is 5.92 Å². The van der Waals surface area contributed by atoms with Gasteiger partial charge in [-0.2, -0.15) is 0 Å². The highest BCUT2D eigenvalue weighted by molar-refractivity contribution is 9.10. The van der Waals surface area contributed by atoms with E-state index in [1.807, 2.05) is 4.90 Å². The lowest BCUT2D eigenvalue weighted by Gasteiger charge is -2.44. The Bertz CT molecular complexity index is 633. The SMILES string of the molecule is Nc1ccc(Br)cc1C(=O)OCC(=O)N1CCC[C@H]2CCCC[C@H]21. The maximum Gasteiger partial charge on any atom is 0.340 e. The molecule has 2 atom stereocenters. The van der Waals surface area contributed by atoms with Gasteiger partial charge in [0.2, 0.25) is 0 Å². The zero-order valence-electron chi connectivity index (χ0n) is 13.7. The molecule has 1 aliphatic carbocycles. The number of anilines is 1. The van der Waals surface area contributed by atoms with Crippen molar-refractivity contribution in [3.63, 3.8) is 0 Å². The number of amides is 1. The molecule has 0 radical (unpaired) electrons. The molecule has 1 amide bonds. The van der Waals surface area contributed by atoms with Gasteiger partial charge in [0.1, 0.15) is 0 Å². The molecular weight excluding hydrogens is 372 g/mol. The van der Waals surface area contributed by atoms with E-state index in [9.17, 15) is 9.59 Å². The van der Waals surface area contributed by atoms with Gasteiger partial charge >= 0.3 is 5.97 Å². The highest BCUT2D eigenvalue weighted by atomic mass is 79.9. The highest BCUT2D eigenvalue weighted by Crippen LogP contribution is 2.35. The van der Waals surface area contributed by atoms with Gasteiger partial charge < -0.3 is 15.4 Å². The maximum absolute atomic E-state index is 12.5. The molecule has 0 unspecified atom stereocenters. The summed E-state index contributed by atoms with van der Waals surface area (Å²) in [5.41, 5.74) is 6.44. The third kappa shape index (κ3) is 3.74. The molecule has 0 bridgehead atoms. The van der Waals surface area contributed by atoms with Crippen molar-refractivity contribution in [2.45, 2.75) is 44.6 Å². The van der Waals surface area contributed by atoms with Gasteiger partial charge in [-0.05, 0) is 49.8 Å². The van der Waals surface area contributed by atoms with Gasteiger partial charge in [-0.25, -0.2) is 4.79 Å². The van der Waals surface area contributed by atoms with Crippen molar-refractivity contribution in [1.82, 2.24) is 4.90 Å². The Hall–Kier alpha value is -1.56. The zero-order valence-corrected chi connectivity index (χ0v) is 15.3. The van der Waals surface area contributed by atoms with Gasteiger partial charge in [-0.15, -0.1) is 0 Å². The summed E-state index contributed by atoms with van der Waals surface area (Å²) in [4.78, 5) is 26.7. The minimum absolute atomic E-state index is 0.0893. The van der Waals surface area contributed by atoms with Crippen LogP contribution in [0.3, 0.4) is 0 Å². The number of ether oxygens (including phenoxy) is 1. The molecule has 2 fully saturated rings. The largest absolute Gasteiger partial charge is 0.452 e. The van der Waals surface area contributed by atoms with Gasteiger partial charge in [-0.1, -0.05) is 28.8 Å². The first-order valence-corrected chi connectivity index (χ1v) is 9.37. The molecule has 130 valence electrons. The third-order valence-electron chi connectivity index (χ3n) is 5.13. The number of hydrogen-bond acceptors (Lipinski definition) is 4. The number of nitrogens with zero attached hydrogens (tertiary/aromatic N) is 1. The van der Waals surface area contributed by atoms with Crippen molar-refractivity contribution in [2.75, 3.05) is 18.9 Å². The van der Waals surface area contributed by atoms with Gasteiger partial charge in [0.25, 0.3) is 5.91 Å². The zero-order chi connectivity index (χ0) is 17.1. The summed E-state index contributed by atoms with van der Waals surface area (Å²) in [6.07, 6.45) is 6.98. The second-order valence-corrected chi connectivity index (χ2v) is 7.56. The molecule has 2 N–H and O–H groups in total. The molecule has 1 aliphatic heterocycles. The van der Waals surface area contributed by atoms with E-state index in [-0.39, 0.29) is 18.1 Å². The molecule has 1 saturated heterocycles. The van der Waals surface area contributed by atoms with Crippen LogP contribution in [0.4, 0.5) is 5.69 Å². The smallest absolute Gasteiger partial charge is 0.340 e. The molecule has 5 nitrogen and oxygen atoms in total. The van der Waals surface area contributed by atoms with E-state index >= 15 is 0 Å². The number of rotatable bonds is 3. The average Bonchev–Trinajstić information content (AvgIpc) is 2.61. The van der Waals surface area contributed by atoms with E-state index in [1.54, 1.807) is 18.2 Å². The monoisotopic (exact) mass is 394 g/mol. The summed E-state index contributed by atoms with van der Waals surface area (Å²) >= 11 is 3.31. The number of carbonyl (C=O) groups excluding carboxylic acids is 2. The predicted molar refractivity (Wildman–Crippen MR) is 95.5 cm³/mol. The predicted octanol–water partition coefficient (Wildman–Crippen LogP) is 3.37. The number of fused-ring (bicyclic) bond motifs is 1. The van der Waals surface area contributed by atoms with Crippen LogP contribution in [-0.4, -0.2) is 36.0 Å². The number of esters is 1. The van der Waals surface area contributed by atoms with Crippen LogP contribution in [0.25, 0.3) is 0 Å². The second kappa shape index (κ2) is 7.55. The van der Waals surface area contributed by atoms with Crippen molar-refractivity contribution in [2.24, 2.45) is 5.92 Å². The number of nitrogens with two attached hydrogens (primary N) is 1. The first-order valence-electron chi connectivity index (χ1n) is 8.58. The Morgan fingerprint density at radius 3 is 2.79 bits per heavy atom. The van der Waals surface area contributed by atoms with Crippen LogP contribution < -0.4 is 5.73 Å². The molecular formula is C18H23BrN2O3. The molecule has 0 spiro atoms. The fraction of sp³-hybridized carbons (Fsp3) is 0.556. The molecule has 3 rings (SSSR count). The number of halogens is 1. The van der Waals surface area contributed by atoms with Crippen LogP contribution >= 0.6 is 15.9 Å². The minimum atomic E-state index is -0.556. The summed E-state index contributed by atoms with van der Waals surface area (Å²) in [6.45, 7) is 0.560. The van der Waals surface area contributed by atoms with Gasteiger partial charge in [0.15, 0.2) is 6.61 Å². The Morgan fingerprint density at radius 1 is 1.21 bits per heavy atom. The lowest BCUT2D eigenvalue weighted by atomic mass is 9.78. The molecule has 1 aromatic carbocycles. The number of benzene rings is 1. The van der Waals surface area contributed by atoms with Gasteiger partial charge in [-0.3, -0.25) is 4.79 Å². The number of hydrogen-bond donors (Lipinski definition) is 1. The summed E-state index contributed by atoms with van der Waals surface area (Å²) in [5, 5.41) is 0. The van der Waals surface area contributed by atoms with Crippen LogP contribution in [0.5, 0.6) is 0 Å². The number of piperidine rings is 1. The lowest BCUT2D eigenvalue weighted by molar-refractivity contribution is -0.140. The fourth-order valence-corrected chi connectivity index (χ4v) is 4.29. The van der Waals surface area contributed by atoms with Gasteiger partial charge in [0, 0.05) is 22.7 Å². The third-order valence-corrected chi connectivity index (χ3v) is 5.62. The van der Waals surface area contributed by atoms with E-state index in [1.165, 1.54) is 25.7 Å². The molecule has 1 saturated carbocycles. The molecule has 24 heavy (non-hydrogen) atoms. The number of likely N-dealkylation sites (tertiary alicyclic amines) is 1. The van der Waals surface area contributed by atoms with E-state index in [0.717, 1.165) is 23.9 Å². The molecule has 1 heterocycles. The molecule has 0 aromatic heterocycles. The Balaban J connectivity index is 1.60. The Kier molecular flexibility index (Phi) is 5.43. The summed E-state index contributed by atoms with van der Waals surface area (Å²) in [7, 11) is 0. The topological polar surface area (TPSA) is 72.6 Å². The summed E-state index contributed by atoms with van der Waals surface area (Å²) in [5.74, 6) is -0.0271. The standard InChI is InChI=1S/C18H23BrN2O3/c19-13-7-8-15(20)14(10-13)18(23)24-11-17(22)21-9-3-5-12-4-1-2-6-16(12)21/h7-8,10,12,16H,1-6,9,11,20H2/t12-,16-/m1/s1. The van der Waals surface area contributed by atoms with Crippen LogP contribution in [0.1, 0.15) is 48.9 Å². The Morgan fingerprint density at radius 2 is 1.96 bits per heavy atom. The average molecular weight is 395 g/mol. The van der Waals surface area contributed by atoms with Crippen molar-refractivity contribution >= 4 is 33.5 Å². The Labute approximate surface area is 150 Å². The van der Waals surface area contributed by atoms with Crippen molar-refractivity contribution < 1.29 is 14.3 Å². The van der Waals surface area contributed by atoms with Crippen LogP contribution in [-0.2, 0) is 9.53 Å². The number of nitrogen functional groups attached to an aromatic ring is 1. The molecule has 1 aromatic rings. The summed E-state index contributed by atoms with van der Waals surface area (Å²) < 4.78 is 5.97. The molecule has 2 aliphatic rings. The van der Waals surface area contributed by atoms with Crippen molar-refractivity contribution in [1.29, 1.82) is 0 Å². The van der Waals surface area contributed by atoms with Crippen molar-refractivity contribution in [3.8, 4) is 0 Å². The van der Waals surface area contributed by atoms with Crippen molar-refractivity contribution in [3.05, 3.63) is 28.2 Å². The first-order chi connectivity index (χ1) is 11.6. The van der Waals surface area contributed by atoms with E-state index in [2.05, 4.69) is 15.9 Å². The molecule has 6 heteroatoms. The first kappa shape index (κ1) is 17.3. The van der Waals surface area contributed by atoms with E-state index < -0.39 is 5.97 Å². The van der Waals surface area contributed by atoms with E-state index in [4.69, 9.17) is 10.5 Å². The maximum atomic E-state index is 12.5. The van der Waals surface area contributed by atoms with E-state index in [0.29, 0.717) is 17.6 Å². The normalized spacial score (nSPS) is 23.5. The van der Waals surface area contributed by atoms with Crippen LogP contribution in [0.15, 0.2) is 22.7 Å². The summed E-state index contributed by atoms with van der Waals surface area (Å²) in [6, 6.07) is 5.34. The fourth-order valence-electron chi connectivity index (χ4n) is 3.93. The van der Waals surface area contributed by atoms with Crippen LogP contribution in [0.2, 0.25) is 0 Å². The minimum Gasteiger partial charge on any atom is -0.452 e. The van der Waals surface area contributed by atoms with Gasteiger partial charge in [0.05, 0.1) is 5.56 Å². The second-order valence-electron chi connectivity index (χ2n) is 6.65. The quantitative estimate of drug-likeness (QED) is 0.629.